The predicted molar refractivity (Wildman–Crippen MR) is 101 cm³/mol. The molecule has 1 N–H and O–H groups in total. The van der Waals surface area contributed by atoms with E-state index in [1.165, 1.54) is 6.92 Å². The van der Waals surface area contributed by atoms with Crippen molar-refractivity contribution < 1.29 is 14.3 Å². The van der Waals surface area contributed by atoms with Gasteiger partial charge in [0.2, 0.25) is 5.91 Å². The lowest BCUT2D eigenvalue weighted by atomic mass is 10.1. The van der Waals surface area contributed by atoms with Crippen LogP contribution in [-0.4, -0.2) is 25.0 Å². The Labute approximate surface area is 154 Å². The standard InChI is InChI=1S/C21H24N2O3/c1-14-9-10-18-17(13-14)20(22-16(3)24)21(25)23(18)11-6-12-26-19-8-5-4-7-15(19)2/h4-5,7-10,13,20H,6,11-12H2,1-3H3,(H,22,24)/t20-/m1/s1. The number of rotatable bonds is 6. The Kier molecular flexibility index (Phi) is 5.26. The molecule has 2 aromatic rings. The molecule has 5 heteroatoms. The minimum atomic E-state index is -0.598. The number of amides is 2. The van der Waals surface area contributed by atoms with Crippen molar-refractivity contribution in [2.24, 2.45) is 0 Å². The van der Waals surface area contributed by atoms with Gasteiger partial charge in [-0.25, -0.2) is 0 Å². The van der Waals surface area contributed by atoms with Crippen molar-refractivity contribution >= 4 is 17.5 Å². The van der Waals surface area contributed by atoms with Gasteiger partial charge in [-0.1, -0.05) is 35.9 Å². The van der Waals surface area contributed by atoms with Crippen LogP contribution in [0.1, 0.15) is 36.1 Å². The average Bonchev–Trinajstić information content (AvgIpc) is 2.84. The van der Waals surface area contributed by atoms with Crippen LogP contribution in [0.4, 0.5) is 5.69 Å². The molecule has 0 radical (unpaired) electrons. The molecule has 1 heterocycles. The van der Waals surface area contributed by atoms with Crippen LogP contribution >= 0.6 is 0 Å². The molecule has 1 aliphatic rings. The Balaban J connectivity index is 1.67. The Morgan fingerprint density at radius 1 is 1.19 bits per heavy atom. The number of anilines is 1. The molecule has 5 nitrogen and oxygen atoms in total. The molecule has 0 aromatic heterocycles. The number of hydrogen-bond acceptors (Lipinski definition) is 3. The van der Waals surface area contributed by atoms with E-state index in [-0.39, 0.29) is 11.8 Å². The summed E-state index contributed by atoms with van der Waals surface area (Å²) < 4.78 is 5.82. The number of nitrogens with zero attached hydrogens (tertiary/aromatic N) is 1. The maximum absolute atomic E-state index is 12.8. The second kappa shape index (κ2) is 7.60. The first-order valence-corrected chi connectivity index (χ1v) is 8.85. The summed E-state index contributed by atoms with van der Waals surface area (Å²) in [4.78, 5) is 26.0. The third-order valence-electron chi connectivity index (χ3n) is 4.52. The van der Waals surface area contributed by atoms with E-state index in [1.54, 1.807) is 4.90 Å². The smallest absolute Gasteiger partial charge is 0.254 e. The Morgan fingerprint density at radius 3 is 2.69 bits per heavy atom. The molecule has 0 aliphatic carbocycles. The normalized spacial score (nSPS) is 15.7. The second-order valence-corrected chi connectivity index (χ2v) is 6.65. The van der Waals surface area contributed by atoms with Gasteiger partial charge in [-0.05, 0) is 38.0 Å². The number of fused-ring (bicyclic) bond motifs is 1. The quantitative estimate of drug-likeness (QED) is 0.812. The van der Waals surface area contributed by atoms with E-state index in [0.717, 1.165) is 28.1 Å². The van der Waals surface area contributed by atoms with Crippen LogP contribution < -0.4 is 15.0 Å². The average molecular weight is 352 g/mol. The lowest BCUT2D eigenvalue weighted by Crippen LogP contribution is -2.37. The van der Waals surface area contributed by atoms with Gasteiger partial charge < -0.3 is 15.0 Å². The van der Waals surface area contributed by atoms with Gasteiger partial charge in [0.1, 0.15) is 11.8 Å². The zero-order valence-corrected chi connectivity index (χ0v) is 15.4. The molecular weight excluding hydrogens is 328 g/mol. The summed E-state index contributed by atoms with van der Waals surface area (Å²) in [5.41, 5.74) is 3.90. The third-order valence-corrected chi connectivity index (χ3v) is 4.52. The van der Waals surface area contributed by atoms with Crippen molar-refractivity contribution in [2.75, 3.05) is 18.1 Å². The highest BCUT2D eigenvalue weighted by molar-refractivity contribution is 6.06. The molecular formula is C21H24N2O3. The topological polar surface area (TPSA) is 58.6 Å². The van der Waals surface area contributed by atoms with Crippen molar-refractivity contribution in [3.8, 4) is 5.75 Å². The van der Waals surface area contributed by atoms with Crippen LogP contribution in [0.15, 0.2) is 42.5 Å². The van der Waals surface area contributed by atoms with Gasteiger partial charge in [-0.2, -0.15) is 0 Å². The molecule has 3 rings (SSSR count). The monoisotopic (exact) mass is 352 g/mol. The van der Waals surface area contributed by atoms with Gasteiger partial charge in [0.05, 0.1) is 6.61 Å². The van der Waals surface area contributed by atoms with E-state index in [1.807, 2.05) is 56.3 Å². The predicted octanol–water partition coefficient (Wildman–Crippen LogP) is 3.30. The molecule has 0 spiro atoms. The van der Waals surface area contributed by atoms with E-state index in [4.69, 9.17) is 4.74 Å². The largest absolute Gasteiger partial charge is 0.493 e. The van der Waals surface area contributed by atoms with Crippen molar-refractivity contribution in [1.82, 2.24) is 5.32 Å². The summed E-state index contributed by atoms with van der Waals surface area (Å²) in [7, 11) is 0. The molecule has 2 aromatic carbocycles. The maximum Gasteiger partial charge on any atom is 0.254 e. The van der Waals surface area contributed by atoms with Gasteiger partial charge in [-0.15, -0.1) is 0 Å². The first-order valence-electron chi connectivity index (χ1n) is 8.85. The summed E-state index contributed by atoms with van der Waals surface area (Å²) in [6, 6.07) is 13.2. The SMILES string of the molecule is CC(=O)N[C@H]1C(=O)N(CCCOc2ccccc2C)c2ccc(C)cc21. The van der Waals surface area contributed by atoms with Crippen LogP contribution in [-0.2, 0) is 9.59 Å². The van der Waals surface area contributed by atoms with E-state index < -0.39 is 6.04 Å². The summed E-state index contributed by atoms with van der Waals surface area (Å²) in [6.07, 6.45) is 0.709. The van der Waals surface area contributed by atoms with Crippen LogP contribution in [0, 0.1) is 13.8 Å². The van der Waals surface area contributed by atoms with Crippen molar-refractivity contribution in [3.63, 3.8) is 0 Å². The van der Waals surface area contributed by atoms with Crippen LogP contribution in [0.3, 0.4) is 0 Å². The first kappa shape index (κ1) is 18.0. The van der Waals surface area contributed by atoms with Crippen LogP contribution in [0.5, 0.6) is 5.75 Å². The van der Waals surface area contributed by atoms with Crippen molar-refractivity contribution in [2.45, 2.75) is 33.2 Å². The number of carbonyl (C=O) groups excluding carboxylic acids is 2. The van der Waals surface area contributed by atoms with Gasteiger partial charge in [-0.3, -0.25) is 9.59 Å². The number of para-hydroxylation sites is 1. The highest BCUT2D eigenvalue weighted by Gasteiger charge is 2.37. The lowest BCUT2D eigenvalue weighted by molar-refractivity contribution is -0.126. The minimum absolute atomic E-state index is 0.0864. The molecule has 0 unspecified atom stereocenters. The molecule has 1 atom stereocenters. The molecule has 0 saturated carbocycles. The van der Waals surface area contributed by atoms with Crippen molar-refractivity contribution in [3.05, 3.63) is 59.2 Å². The fraction of sp³-hybridized carbons (Fsp3) is 0.333. The molecule has 26 heavy (non-hydrogen) atoms. The zero-order valence-electron chi connectivity index (χ0n) is 15.4. The molecule has 136 valence electrons. The maximum atomic E-state index is 12.8. The number of carbonyl (C=O) groups is 2. The van der Waals surface area contributed by atoms with Gasteiger partial charge in [0.25, 0.3) is 5.91 Å². The summed E-state index contributed by atoms with van der Waals surface area (Å²) in [5, 5.41) is 2.77. The highest BCUT2D eigenvalue weighted by Crippen LogP contribution is 2.36. The molecule has 0 saturated heterocycles. The summed E-state index contributed by atoms with van der Waals surface area (Å²) in [6.45, 7) is 6.50. The Hall–Kier alpha value is -2.82. The van der Waals surface area contributed by atoms with Crippen LogP contribution in [0.2, 0.25) is 0 Å². The Morgan fingerprint density at radius 2 is 1.96 bits per heavy atom. The summed E-state index contributed by atoms with van der Waals surface area (Å²) in [5.74, 6) is 0.574. The molecule has 1 aliphatic heterocycles. The van der Waals surface area contributed by atoms with Crippen LogP contribution in [0.25, 0.3) is 0 Å². The Bertz CT molecular complexity index is 832. The highest BCUT2D eigenvalue weighted by atomic mass is 16.5. The third kappa shape index (κ3) is 3.72. The van der Waals surface area contributed by atoms with E-state index >= 15 is 0 Å². The number of nitrogens with one attached hydrogen (secondary N) is 1. The van der Waals surface area contributed by atoms with E-state index in [2.05, 4.69) is 5.32 Å². The minimum Gasteiger partial charge on any atom is -0.493 e. The lowest BCUT2D eigenvalue weighted by Gasteiger charge is -2.18. The first-order chi connectivity index (χ1) is 12.5. The number of ether oxygens (including phenoxy) is 1. The van der Waals surface area contributed by atoms with E-state index in [9.17, 15) is 9.59 Å². The molecule has 2 amide bonds. The fourth-order valence-electron chi connectivity index (χ4n) is 3.26. The van der Waals surface area contributed by atoms with Gasteiger partial charge in [0, 0.05) is 24.7 Å². The molecule has 0 fully saturated rings. The number of aryl methyl sites for hydroxylation is 2. The van der Waals surface area contributed by atoms with Gasteiger partial charge >= 0.3 is 0 Å². The number of hydrogen-bond donors (Lipinski definition) is 1. The fourth-order valence-corrected chi connectivity index (χ4v) is 3.26. The van der Waals surface area contributed by atoms with Gasteiger partial charge in [0.15, 0.2) is 0 Å². The second-order valence-electron chi connectivity index (χ2n) is 6.65. The number of benzene rings is 2. The van der Waals surface area contributed by atoms with Crippen molar-refractivity contribution in [1.29, 1.82) is 0 Å². The zero-order chi connectivity index (χ0) is 18.7. The summed E-state index contributed by atoms with van der Waals surface area (Å²) >= 11 is 0. The van der Waals surface area contributed by atoms with E-state index in [0.29, 0.717) is 19.6 Å². The molecule has 0 bridgehead atoms.